The van der Waals surface area contributed by atoms with Crippen LogP contribution in [0.25, 0.3) is 11.0 Å². The summed E-state index contributed by atoms with van der Waals surface area (Å²) >= 11 is 0. The first kappa shape index (κ1) is 13.7. The van der Waals surface area contributed by atoms with Crippen molar-refractivity contribution in [2.24, 2.45) is 0 Å². The van der Waals surface area contributed by atoms with Gasteiger partial charge in [0.05, 0.1) is 17.5 Å². The largest absolute Gasteiger partial charge is 0.369 e. The molecule has 0 aliphatic rings. The van der Waals surface area contributed by atoms with Crippen LogP contribution in [0.5, 0.6) is 0 Å². The molecule has 2 rings (SSSR count). The van der Waals surface area contributed by atoms with Gasteiger partial charge in [0, 0.05) is 19.7 Å². The third kappa shape index (κ3) is 2.64. The molecular formula is C13H15N5O2. The number of rotatable bonds is 2. The second-order valence-electron chi connectivity index (χ2n) is 4.19. The van der Waals surface area contributed by atoms with Crippen molar-refractivity contribution >= 4 is 22.9 Å². The van der Waals surface area contributed by atoms with Gasteiger partial charge in [-0.2, -0.15) is 4.98 Å². The average Bonchev–Trinajstić information content (AvgIpc) is 2.72. The van der Waals surface area contributed by atoms with Gasteiger partial charge in [0.2, 0.25) is 11.9 Å². The monoisotopic (exact) mass is 273 g/mol. The molecule has 0 unspecified atom stereocenters. The van der Waals surface area contributed by atoms with Crippen molar-refractivity contribution in [3.63, 3.8) is 0 Å². The summed E-state index contributed by atoms with van der Waals surface area (Å²) in [7, 11) is 0. The first-order valence-electron chi connectivity index (χ1n) is 6.15. The molecule has 104 valence electrons. The van der Waals surface area contributed by atoms with Crippen LogP contribution in [-0.2, 0) is 11.3 Å². The van der Waals surface area contributed by atoms with Crippen LogP contribution in [0.4, 0.5) is 5.95 Å². The number of carbonyl (C=O) groups excluding carboxylic acids is 1. The minimum absolute atomic E-state index is 0.0769. The van der Waals surface area contributed by atoms with Crippen LogP contribution < -0.4 is 16.6 Å². The van der Waals surface area contributed by atoms with Crippen LogP contribution in [0.1, 0.15) is 19.4 Å². The van der Waals surface area contributed by atoms with E-state index in [2.05, 4.69) is 27.1 Å². The molecule has 0 aliphatic heterocycles. The molecule has 0 saturated heterocycles. The molecule has 0 spiro atoms. The number of amides is 1. The van der Waals surface area contributed by atoms with Crippen molar-refractivity contribution < 1.29 is 4.79 Å². The van der Waals surface area contributed by atoms with Crippen molar-refractivity contribution in [3.8, 4) is 11.8 Å². The van der Waals surface area contributed by atoms with Crippen molar-refractivity contribution in [1.82, 2.24) is 19.9 Å². The van der Waals surface area contributed by atoms with Crippen molar-refractivity contribution in [2.75, 3.05) is 12.3 Å². The SMILES string of the molecule is CCn1cc(C#CCNC(C)=O)c2c(=O)[nH]c(N)nc21. The first-order valence-corrected chi connectivity index (χ1v) is 6.15. The van der Waals surface area contributed by atoms with Gasteiger partial charge >= 0.3 is 0 Å². The Balaban J connectivity index is 2.49. The molecule has 0 aromatic carbocycles. The molecule has 2 heterocycles. The summed E-state index contributed by atoms with van der Waals surface area (Å²) in [6.45, 7) is 4.24. The predicted octanol–water partition coefficient (Wildman–Crippen LogP) is -0.186. The molecule has 0 atom stereocenters. The lowest BCUT2D eigenvalue weighted by atomic mass is 10.2. The fourth-order valence-electron chi connectivity index (χ4n) is 1.85. The van der Waals surface area contributed by atoms with Gasteiger partial charge in [-0.05, 0) is 6.92 Å². The Bertz CT molecular complexity index is 776. The molecule has 7 heteroatoms. The minimum atomic E-state index is -0.316. The summed E-state index contributed by atoms with van der Waals surface area (Å²) in [4.78, 5) is 29.3. The van der Waals surface area contributed by atoms with Crippen LogP contribution in [-0.4, -0.2) is 27.0 Å². The normalized spacial score (nSPS) is 10.1. The Labute approximate surface area is 115 Å². The maximum absolute atomic E-state index is 12.0. The number of nitrogens with zero attached hydrogens (tertiary/aromatic N) is 2. The van der Waals surface area contributed by atoms with E-state index in [9.17, 15) is 9.59 Å². The van der Waals surface area contributed by atoms with Gasteiger partial charge in [0.25, 0.3) is 5.56 Å². The zero-order chi connectivity index (χ0) is 14.7. The van der Waals surface area contributed by atoms with Gasteiger partial charge in [-0.3, -0.25) is 14.6 Å². The molecule has 0 fully saturated rings. The van der Waals surface area contributed by atoms with Crippen LogP contribution >= 0.6 is 0 Å². The summed E-state index contributed by atoms with van der Waals surface area (Å²) in [5.74, 6) is 5.60. The Morgan fingerprint density at radius 1 is 1.60 bits per heavy atom. The van der Waals surface area contributed by atoms with Crippen LogP contribution in [0.3, 0.4) is 0 Å². The highest BCUT2D eigenvalue weighted by atomic mass is 16.1. The lowest BCUT2D eigenvalue weighted by molar-refractivity contribution is -0.118. The minimum Gasteiger partial charge on any atom is -0.369 e. The van der Waals surface area contributed by atoms with Crippen molar-refractivity contribution in [1.29, 1.82) is 0 Å². The summed E-state index contributed by atoms with van der Waals surface area (Å²) in [6, 6.07) is 0. The summed E-state index contributed by atoms with van der Waals surface area (Å²) in [5.41, 5.74) is 6.31. The highest BCUT2D eigenvalue weighted by Gasteiger charge is 2.12. The third-order valence-electron chi connectivity index (χ3n) is 2.73. The molecule has 2 aromatic rings. The number of anilines is 1. The van der Waals surface area contributed by atoms with E-state index in [0.29, 0.717) is 23.1 Å². The second kappa shape index (κ2) is 5.48. The highest BCUT2D eigenvalue weighted by molar-refractivity contribution is 5.83. The fraction of sp³-hybridized carbons (Fsp3) is 0.308. The number of hydrogen-bond acceptors (Lipinski definition) is 4. The lowest BCUT2D eigenvalue weighted by Crippen LogP contribution is -2.19. The standard InChI is InChI=1S/C13H15N5O2/c1-3-18-7-9(5-4-6-15-8(2)19)10-11(18)16-13(14)17-12(10)20/h7H,3,6H2,1-2H3,(H,15,19)(H3,14,16,17,20). The van der Waals surface area contributed by atoms with Gasteiger partial charge in [0.1, 0.15) is 0 Å². The van der Waals surface area contributed by atoms with E-state index in [0.717, 1.165) is 0 Å². The number of aromatic nitrogens is 3. The fourth-order valence-corrected chi connectivity index (χ4v) is 1.85. The molecule has 0 bridgehead atoms. The summed E-state index contributed by atoms with van der Waals surface area (Å²) in [6.07, 6.45) is 1.76. The molecular weight excluding hydrogens is 258 g/mol. The molecule has 7 nitrogen and oxygen atoms in total. The third-order valence-corrected chi connectivity index (χ3v) is 2.73. The number of fused-ring (bicyclic) bond motifs is 1. The van der Waals surface area contributed by atoms with E-state index in [1.165, 1.54) is 6.92 Å². The number of nitrogens with one attached hydrogen (secondary N) is 2. The maximum Gasteiger partial charge on any atom is 0.263 e. The van der Waals surface area contributed by atoms with Gasteiger partial charge in [-0.1, -0.05) is 11.8 Å². The topological polar surface area (TPSA) is 106 Å². The van der Waals surface area contributed by atoms with Crippen LogP contribution in [0.2, 0.25) is 0 Å². The highest BCUT2D eigenvalue weighted by Crippen LogP contribution is 2.15. The quantitative estimate of drug-likeness (QED) is 0.660. The smallest absolute Gasteiger partial charge is 0.263 e. The zero-order valence-electron chi connectivity index (χ0n) is 11.3. The Kier molecular flexibility index (Phi) is 3.75. The van der Waals surface area contributed by atoms with E-state index >= 15 is 0 Å². The number of carbonyl (C=O) groups is 1. The number of H-pyrrole nitrogens is 1. The number of hydrogen-bond donors (Lipinski definition) is 3. The van der Waals surface area contributed by atoms with E-state index in [1.54, 1.807) is 6.20 Å². The number of aryl methyl sites for hydroxylation is 1. The molecule has 0 radical (unpaired) electrons. The zero-order valence-corrected chi connectivity index (χ0v) is 11.3. The Hall–Kier alpha value is -2.75. The average molecular weight is 273 g/mol. The number of aromatic amines is 1. The lowest BCUT2D eigenvalue weighted by Gasteiger charge is -1.98. The second-order valence-corrected chi connectivity index (χ2v) is 4.19. The van der Waals surface area contributed by atoms with Crippen molar-refractivity contribution in [2.45, 2.75) is 20.4 Å². The van der Waals surface area contributed by atoms with E-state index in [4.69, 9.17) is 5.73 Å². The molecule has 0 aliphatic carbocycles. The molecule has 1 amide bonds. The molecule has 0 saturated carbocycles. The van der Waals surface area contributed by atoms with Crippen LogP contribution in [0.15, 0.2) is 11.0 Å². The first-order chi connectivity index (χ1) is 9.52. The summed E-state index contributed by atoms with van der Waals surface area (Å²) < 4.78 is 1.81. The number of nitrogens with two attached hydrogens (primary N) is 1. The van der Waals surface area contributed by atoms with Crippen molar-refractivity contribution in [3.05, 3.63) is 22.1 Å². The number of nitrogen functional groups attached to an aromatic ring is 1. The summed E-state index contributed by atoms with van der Waals surface area (Å²) in [5, 5.41) is 2.98. The Morgan fingerprint density at radius 3 is 3.00 bits per heavy atom. The molecule has 4 N–H and O–H groups in total. The van der Waals surface area contributed by atoms with Gasteiger partial charge < -0.3 is 15.6 Å². The van der Waals surface area contributed by atoms with Gasteiger partial charge in [-0.25, -0.2) is 0 Å². The van der Waals surface area contributed by atoms with Gasteiger partial charge in [0.15, 0.2) is 5.65 Å². The predicted molar refractivity (Wildman–Crippen MR) is 76.0 cm³/mol. The molecule has 2 aromatic heterocycles. The van der Waals surface area contributed by atoms with E-state index in [1.807, 2.05) is 11.5 Å². The Morgan fingerprint density at radius 2 is 2.35 bits per heavy atom. The van der Waals surface area contributed by atoms with Gasteiger partial charge in [-0.15, -0.1) is 0 Å². The maximum atomic E-state index is 12.0. The van der Waals surface area contributed by atoms with Crippen LogP contribution in [0, 0.1) is 11.8 Å². The van der Waals surface area contributed by atoms with E-state index in [-0.39, 0.29) is 24.0 Å². The van der Waals surface area contributed by atoms with E-state index < -0.39 is 0 Å². The molecule has 20 heavy (non-hydrogen) atoms.